The van der Waals surface area contributed by atoms with Gasteiger partial charge in [-0.25, -0.2) is 9.59 Å². The highest BCUT2D eigenvalue weighted by atomic mass is 16.6. The molecular formula is C19H22N2O5. The topological polar surface area (TPSA) is 83.2 Å². The second-order valence-corrected chi connectivity index (χ2v) is 6.25. The van der Waals surface area contributed by atoms with Crippen LogP contribution in [0.5, 0.6) is 0 Å². The van der Waals surface area contributed by atoms with Crippen molar-refractivity contribution in [1.29, 1.82) is 0 Å². The smallest absolute Gasteiger partial charge is 0.410 e. The molecule has 0 unspecified atom stereocenters. The summed E-state index contributed by atoms with van der Waals surface area (Å²) >= 11 is 0. The van der Waals surface area contributed by atoms with Crippen molar-refractivity contribution < 1.29 is 23.8 Å². The Bertz CT molecular complexity index is 709. The van der Waals surface area contributed by atoms with Gasteiger partial charge in [0.2, 0.25) is 0 Å². The number of furan rings is 1. The van der Waals surface area contributed by atoms with Gasteiger partial charge < -0.3 is 19.2 Å². The lowest BCUT2D eigenvalue weighted by Gasteiger charge is -2.36. The highest BCUT2D eigenvalue weighted by Gasteiger charge is 2.31. The van der Waals surface area contributed by atoms with E-state index in [0.717, 1.165) is 5.56 Å². The Kier molecular flexibility index (Phi) is 5.78. The maximum absolute atomic E-state index is 12.7. The minimum atomic E-state index is -0.923. The van der Waals surface area contributed by atoms with E-state index in [-0.39, 0.29) is 12.6 Å². The lowest BCUT2D eigenvalue weighted by atomic mass is 10.0. The van der Waals surface area contributed by atoms with Crippen LogP contribution >= 0.6 is 0 Å². The van der Waals surface area contributed by atoms with E-state index in [0.29, 0.717) is 38.2 Å². The number of amides is 2. The largest absolute Gasteiger partial charge is 0.467 e. The van der Waals surface area contributed by atoms with E-state index in [1.165, 1.54) is 4.90 Å². The quantitative estimate of drug-likeness (QED) is 0.883. The second-order valence-electron chi connectivity index (χ2n) is 6.25. The number of piperidine rings is 1. The monoisotopic (exact) mass is 358 g/mol. The second kappa shape index (κ2) is 8.42. The Labute approximate surface area is 151 Å². The zero-order chi connectivity index (χ0) is 18.4. The third kappa shape index (κ3) is 4.56. The first-order valence-electron chi connectivity index (χ1n) is 8.61. The van der Waals surface area contributed by atoms with Crippen LogP contribution in [-0.4, -0.2) is 46.2 Å². The van der Waals surface area contributed by atoms with Crippen molar-refractivity contribution >= 4 is 12.2 Å². The molecule has 0 atom stereocenters. The molecule has 1 fully saturated rings. The molecule has 0 saturated carbocycles. The number of carboxylic acid groups (broad SMARTS) is 1. The van der Waals surface area contributed by atoms with E-state index in [2.05, 4.69) is 0 Å². The van der Waals surface area contributed by atoms with Gasteiger partial charge in [0.25, 0.3) is 0 Å². The summed E-state index contributed by atoms with van der Waals surface area (Å²) in [4.78, 5) is 26.8. The molecule has 0 aliphatic carbocycles. The average Bonchev–Trinajstić information content (AvgIpc) is 3.18. The Morgan fingerprint density at radius 1 is 1.15 bits per heavy atom. The molecule has 7 nitrogen and oxygen atoms in total. The summed E-state index contributed by atoms with van der Waals surface area (Å²) in [7, 11) is 0. The number of likely N-dealkylation sites (tertiary alicyclic amines) is 1. The molecule has 1 N–H and O–H groups in total. The third-order valence-electron chi connectivity index (χ3n) is 4.52. The van der Waals surface area contributed by atoms with E-state index in [9.17, 15) is 9.59 Å². The first kappa shape index (κ1) is 17.8. The van der Waals surface area contributed by atoms with E-state index >= 15 is 0 Å². The molecule has 0 spiro atoms. The van der Waals surface area contributed by atoms with Gasteiger partial charge in [-0.2, -0.15) is 0 Å². The fraction of sp³-hybridized carbons (Fsp3) is 0.368. The van der Waals surface area contributed by atoms with Crippen LogP contribution < -0.4 is 0 Å². The minimum Gasteiger partial charge on any atom is -0.467 e. The molecule has 26 heavy (non-hydrogen) atoms. The molecule has 7 heteroatoms. The van der Waals surface area contributed by atoms with Crippen molar-refractivity contribution in [3.05, 3.63) is 60.1 Å². The van der Waals surface area contributed by atoms with Gasteiger partial charge in [-0.3, -0.25) is 4.90 Å². The molecule has 1 aromatic heterocycles. The molecule has 1 aliphatic heterocycles. The average molecular weight is 358 g/mol. The minimum absolute atomic E-state index is 0.0843. The number of carbonyl (C=O) groups is 2. The van der Waals surface area contributed by atoms with Crippen molar-refractivity contribution in [2.45, 2.75) is 32.0 Å². The van der Waals surface area contributed by atoms with E-state index in [4.69, 9.17) is 14.3 Å². The predicted octanol–water partition coefficient (Wildman–Crippen LogP) is 3.56. The Morgan fingerprint density at radius 3 is 2.50 bits per heavy atom. The van der Waals surface area contributed by atoms with Gasteiger partial charge >= 0.3 is 12.2 Å². The van der Waals surface area contributed by atoms with Crippen LogP contribution in [0.2, 0.25) is 0 Å². The number of hydrogen-bond donors (Lipinski definition) is 1. The zero-order valence-electron chi connectivity index (χ0n) is 14.4. The first-order valence-corrected chi connectivity index (χ1v) is 8.61. The lowest BCUT2D eigenvalue weighted by molar-refractivity contribution is 0.0541. The standard InChI is InChI=1S/C19H22N2O5/c22-18(23)20-10-8-16(9-11-20)21(13-17-7-4-12-25-17)19(24)26-14-15-5-2-1-3-6-15/h1-7,12,16H,8-11,13-14H2,(H,22,23). The van der Waals surface area contributed by atoms with Gasteiger partial charge in [0.1, 0.15) is 12.4 Å². The van der Waals surface area contributed by atoms with Gasteiger partial charge in [-0.1, -0.05) is 30.3 Å². The molecule has 1 saturated heterocycles. The number of benzene rings is 1. The maximum Gasteiger partial charge on any atom is 0.410 e. The summed E-state index contributed by atoms with van der Waals surface area (Å²) < 4.78 is 10.9. The summed E-state index contributed by atoms with van der Waals surface area (Å²) in [6.45, 7) is 1.31. The van der Waals surface area contributed by atoms with Crippen LogP contribution in [0.1, 0.15) is 24.2 Å². The number of rotatable bonds is 5. The Morgan fingerprint density at radius 2 is 1.88 bits per heavy atom. The highest BCUT2D eigenvalue weighted by molar-refractivity contribution is 5.68. The molecule has 1 aromatic carbocycles. The Balaban J connectivity index is 1.65. The van der Waals surface area contributed by atoms with Crippen molar-refractivity contribution in [3.63, 3.8) is 0 Å². The molecule has 2 aromatic rings. The van der Waals surface area contributed by atoms with Gasteiger partial charge in [0.05, 0.1) is 12.8 Å². The summed E-state index contributed by atoms with van der Waals surface area (Å²) in [5.74, 6) is 0.669. The SMILES string of the molecule is O=C(O)N1CCC(N(Cc2ccco2)C(=O)OCc2ccccc2)CC1. The molecular weight excluding hydrogens is 336 g/mol. The summed E-state index contributed by atoms with van der Waals surface area (Å²) in [5.41, 5.74) is 0.916. The van der Waals surface area contributed by atoms with Gasteiger partial charge in [0, 0.05) is 19.1 Å². The van der Waals surface area contributed by atoms with Crippen LogP contribution in [-0.2, 0) is 17.9 Å². The Hall–Kier alpha value is -2.96. The van der Waals surface area contributed by atoms with Crippen molar-refractivity contribution in [3.8, 4) is 0 Å². The number of nitrogens with zero attached hydrogens (tertiary/aromatic N) is 2. The summed E-state index contributed by atoms with van der Waals surface area (Å²) in [5, 5.41) is 9.10. The normalized spacial score (nSPS) is 14.8. The number of hydrogen-bond acceptors (Lipinski definition) is 4. The van der Waals surface area contributed by atoms with Gasteiger partial charge in [-0.05, 0) is 30.5 Å². The van der Waals surface area contributed by atoms with Crippen LogP contribution in [0.15, 0.2) is 53.1 Å². The molecule has 2 amide bonds. The first-order chi connectivity index (χ1) is 12.6. The molecule has 2 heterocycles. The molecule has 138 valence electrons. The molecule has 1 aliphatic rings. The fourth-order valence-electron chi connectivity index (χ4n) is 3.08. The number of carbonyl (C=O) groups excluding carboxylic acids is 1. The number of ether oxygens (including phenoxy) is 1. The molecule has 0 bridgehead atoms. The van der Waals surface area contributed by atoms with E-state index in [1.54, 1.807) is 17.2 Å². The van der Waals surface area contributed by atoms with Crippen molar-refractivity contribution in [2.24, 2.45) is 0 Å². The van der Waals surface area contributed by atoms with Crippen LogP contribution in [0.4, 0.5) is 9.59 Å². The maximum atomic E-state index is 12.7. The van der Waals surface area contributed by atoms with Crippen molar-refractivity contribution in [1.82, 2.24) is 9.80 Å². The highest BCUT2D eigenvalue weighted by Crippen LogP contribution is 2.21. The molecule has 0 radical (unpaired) electrons. The van der Waals surface area contributed by atoms with Crippen LogP contribution in [0, 0.1) is 0 Å². The van der Waals surface area contributed by atoms with E-state index < -0.39 is 12.2 Å². The lowest BCUT2D eigenvalue weighted by Crippen LogP contribution is -2.48. The van der Waals surface area contributed by atoms with Crippen LogP contribution in [0.3, 0.4) is 0 Å². The third-order valence-corrected chi connectivity index (χ3v) is 4.52. The summed E-state index contributed by atoms with van der Waals surface area (Å²) in [6, 6.07) is 13.0. The summed E-state index contributed by atoms with van der Waals surface area (Å²) in [6.07, 6.45) is 1.38. The predicted molar refractivity (Wildman–Crippen MR) is 93.5 cm³/mol. The zero-order valence-corrected chi connectivity index (χ0v) is 14.4. The molecule has 3 rings (SSSR count). The van der Waals surface area contributed by atoms with Gasteiger partial charge in [-0.15, -0.1) is 0 Å². The van der Waals surface area contributed by atoms with Crippen molar-refractivity contribution in [2.75, 3.05) is 13.1 Å². The van der Waals surface area contributed by atoms with E-state index in [1.807, 2.05) is 36.4 Å². The van der Waals surface area contributed by atoms with Crippen LogP contribution in [0.25, 0.3) is 0 Å². The fourth-order valence-corrected chi connectivity index (χ4v) is 3.08. The van der Waals surface area contributed by atoms with Gasteiger partial charge in [0.15, 0.2) is 0 Å².